The Balaban J connectivity index is 2.14. The molecule has 0 unspecified atom stereocenters. The van der Waals surface area contributed by atoms with Crippen LogP contribution < -0.4 is 10.6 Å². The molecule has 5 heteroatoms. The van der Waals surface area contributed by atoms with Gasteiger partial charge in [-0.15, -0.1) is 0 Å². The number of pyridine rings is 1. The van der Waals surface area contributed by atoms with E-state index in [2.05, 4.69) is 14.9 Å². The van der Waals surface area contributed by atoms with Crippen molar-refractivity contribution in [1.82, 2.24) is 14.5 Å². The van der Waals surface area contributed by atoms with Crippen LogP contribution in [0.5, 0.6) is 0 Å². The van der Waals surface area contributed by atoms with Gasteiger partial charge in [0, 0.05) is 39.2 Å². The molecule has 2 aromatic rings. The molecule has 0 spiro atoms. The Kier molecular flexibility index (Phi) is 3.39. The maximum absolute atomic E-state index is 5.62. The van der Waals surface area contributed by atoms with Gasteiger partial charge in [-0.05, 0) is 17.7 Å². The van der Waals surface area contributed by atoms with Crippen LogP contribution in [-0.2, 0) is 20.1 Å². The molecule has 2 heterocycles. The summed E-state index contributed by atoms with van der Waals surface area (Å²) in [5, 5.41) is 0. The number of hydrogen-bond acceptors (Lipinski definition) is 4. The van der Waals surface area contributed by atoms with Crippen LogP contribution in [0.1, 0.15) is 11.4 Å². The standard InChI is InChI=1S/C12H17N5/c1-16-6-5-15-12(16)9-17(2)11-7-10(8-13)3-4-14-11/h3-7H,8-9,13H2,1-2H3. The fraction of sp³-hybridized carbons (Fsp3) is 0.333. The molecule has 2 rings (SSSR count). The maximum atomic E-state index is 5.62. The lowest BCUT2D eigenvalue weighted by molar-refractivity contribution is 0.755. The van der Waals surface area contributed by atoms with Gasteiger partial charge in [-0.3, -0.25) is 0 Å². The molecule has 0 amide bonds. The van der Waals surface area contributed by atoms with Crippen molar-refractivity contribution in [2.75, 3.05) is 11.9 Å². The van der Waals surface area contributed by atoms with Gasteiger partial charge in [0.05, 0.1) is 6.54 Å². The highest BCUT2D eigenvalue weighted by molar-refractivity contribution is 5.40. The van der Waals surface area contributed by atoms with Crippen LogP contribution in [0.2, 0.25) is 0 Å². The number of imidazole rings is 1. The summed E-state index contributed by atoms with van der Waals surface area (Å²) in [6.45, 7) is 1.26. The molecule has 17 heavy (non-hydrogen) atoms. The van der Waals surface area contributed by atoms with Crippen molar-refractivity contribution >= 4 is 5.82 Å². The number of anilines is 1. The van der Waals surface area contributed by atoms with E-state index in [1.165, 1.54) is 0 Å². The summed E-state index contributed by atoms with van der Waals surface area (Å²) in [4.78, 5) is 10.7. The van der Waals surface area contributed by atoms with Crippen molar-refractivity contribution in [2.45, 2.75) is 13.1 Å². The van der Waals surface area contributed by atoms with Crippen LogP contribution in [0.15, 0.2) is 30.7 Å². The summed E-state index contributed by atoms with van der Waals surface area (Å²) in [5.41, 5.74) is 6.70. The first kappa shape index (κ1) is 11.6. The monoisotopic (exact) mass is 231 g/mol. The maximum Gasteiger partial charge on any atom is 0.128 e. The zero-order chi connectivity index (χ0) is 12.3. The zero-order valence-electron chi connectivity index (χ0n) is 10.2. The van der Waals surface area contributed by atoms with Crippen molar-refractivity contribution in [3.05, 3.63) is 42.1 Å². The zero-order valence-corrected chi connectivity index (χ0v) is 10.2. The van der Waals surface area contributed by atoms with Gasteiger partial charge in [0.2, 0.25) is 0 Å². The smallest absolute Gasteiger partial charge is 0.128 e. The van der Waals surface area contributed by atoms with Gasteiger partial charge in [-0.1, -0.05) is 0 Å². The molecule has 2 aromatic heterocycles. The van der Waals surface area contributed by atoms with Crippen LogP contribution >= 0.6 is 0 Å². The Morgan fingerprint density at radius 2 is 2.18 bits per heavy atom. The quantitative estimate of drug-likeness (QED) is 0.849. The third-order valence-corrected chi connectivity index (χ3v) is 2.74. The van der Waals surface area contributed by atoms with Crippen molar-refractivity contribution in [2.24, 2.45) is 12.8 Å². The summed E-state index contributed by atoms with van der Waals surface area (Å²) in [5.74, 6) is 1.92. The van der Waals surface area contributed by atoms with E-state index >= 15 is 0 Å². The molecule has 0 radical (unpaired) electrons. The molecule has 0 atom stereocenters. The van der Waals surface area contributed by atoms with Gasteiger partial charge in [0.25, 0.3) is 0 Å². The fourth-order valence-corrected chi connectivity index (χ4v) is 1.64. The Morgan fingerprint density at radius 1 is 1.35 bits per heavy atom. The highest BCUT2D eigenvalue weighted by atomic mass is 15.2. The summed E-state index contributed by atoms with van der Waals surface area (Å²) >= 11 is 0. The van der Waals surface area contributed by atoms with Crippen LogP contribution in [0.4, 0.5) is 5.82 Å². The molecule has 2 N–H and O–H groups in total. The lowest BCUT2D eigenvalue weighted by Gasteiger charge is -2.18. The Morgan fingerprint density at radius 3 is 2.82 bits per heavy atom. The minimum atomic E-state index is 0.533. The minimum absolute atomic E-state index is 0.533. The molecule has 0 fully saturated rings. The third-order valence-electron chi connectivity index (χ3n) is 2.74. The number of hydrogen-bond donors (Lipinski definition) is 1. The number of nitrogens with zero attached hydrogens (tertiary/aromatic N) is 4. The summed E-state index contributed by atoms with van der Waals surface area (Å²) in [6, 6.07) is 3.93. The molecule has 90 valence electrons. The van der Waals surface area contributed by atoms with E-state index in [-0.39, 0.29) is 0 Å². The Labute approximate surface area is 101 Å². The van der Waals surface area contributed by atoms with E-state index in [0.717, 1.165) is 23.8 Å². The fourth-order valence-electron chi connectivity index (χ4n) is 1.64. The number of aryl methyl sites for hydroxylation is 1. The first-order chi connectivity index (χ1) is 8.20. The van der Waals surface area contributed by atoms with Crippen molar-refractivity contribution in [3.8, 4) is 0 Å². The highest BCUT2D eigenvalue weighted by Crippen LogP contribution is 2.13. The summed E-state index contributed by atoms with van der Waals surface area (Å²) in [7, 11) is 3.98. The van der Waals surface area contributed by atoms with Gasteiger partial charge >= 0.3 is 0 Å². The SMILES string of the molecule is CN(Cc1nccn1C)c1cc(CN)ccn1. The van der Waals surface area contributed by atoms with E-state index < -0.39 is 0 Å². The molecular weight excluding hydrogens is 214 g/mol. The number of rotatable bonds is 4. The highest BCUT2D eigenvalue weighted by Gasteiger charge is 2.07. The molecule has 0 saturated carbocycles. The van der Waals surface area contributed by atoms with Crippen LogP contribution in [0.25, 0.3) is 0 Å². The second-order valence-corrected chi connectivity index (χ2v) is 4.04. The van der Waals surface area contributed by atoms with Crippen LogP contribution in [-0.4, -0.2) is 21.6 Å². The second kappa shape index (κ2) is 4.97. The molecule has 0 aliphatic carbocycles. The van der Waals surface area contributed by atoms with E-state index in [0.29, 0.717) is 6.54 Å². The average Bonchev–Trinajstić information content (AvgIpc) is 2.75. The van der Waals surface area contributed by atoms with Gasteiger partial charge in [0.1, 0.15) is 11.6 Å². The van der Waals surface area contributed by atoms with Crippen LogP contribution in [0.3, 0.4) is 0 Å². The van der Waals surface area contributed by atoms with E-state index in [4.69, 9.17) is 5.73 Å². The predicted octanol–water partition coefficient (Wildman–Crippen LogP) is 0.910. The first-order valence-corrected chi connectivity index (χ1v) is 5.53. The molecule has 0 saturated heterocycles. The van der Waals surface area contributed by atoms with Crippen LogP contribution in [0, 0.1) is 0 Å². The Hall–Kier alpha value is -1.88. The molecule has 0 aliphatic rings. The van der Waals surface area contributed by atoms with Crippen molar-refractivity contribution in [3.63, 3.8) is 0 Å². The molecule has 5 nitrogen and oxygen atoms in total. The van der Waals surface area contributed by atoms with E-state index in [9.17, 15) is 0 Å². The summed E-state index contributed by atoms with van der Waals surface area (Å²) in [6.07, 6.45) is 5.52. The molecule has 0 bridgehead atoms. The molecular formula is C12H17N5. The van der Waals surface area contributed by atoms with Gasteiger partial charge < -0.3 is 15.2 Å². The lowest BCUT2D eigenvalue weighted by Crippen LogP contribution is -2.20. The molecule has 0 aliphatic heterocycles. The lowest BCUT2D eigenvalue weighted by atomic mass is 10.2. The average molecular weight is 231 g/mol. The summed E-state index contributed by atoms with van der Waals surface area (Å²) < 4.78 is 2.00. The normalized spacial score (nSPS) is 10.5. The van der Waals surface area contributed by atoms with Gasteiger partial charge in [-0.25, -0.2) is 9.97 Å². The topological polar surface area (TPSA) is 60.0 Å². The van der Waals surface area contributed by atoms with Crippen molar-refractivity contribution in [1.29, 1.82) is 0 Å². The van der Waals surface area contributed by atoms with Gasteiger partial charge in [0.15, 0.2) is 0 Å². The van der Waals surface area contributed by atoms with Crippen molar-refractivity contribution < 1.29 is 0 Å². The minimum Gasteiger partial charge on any atom is -0.352 e. The largest absolute Gasteiger partial charge is 0.352 e. The first-order valence-electron chi connectivity index (χ1n) is 5.53. The Bertz CT molecular complexity index is 491. The second-order valence-electron chi connectivity index (χ2n) is 4.04. The molecule has 0 aromatic carbocycles. The van der Waals surface area contributed by atoms with E-state index in [1.54, 1.807) is 12.4 Å². The van der Waals surface area contributed by atoms with Gasteiger partial charge in [-0.2, -0.15) is 0 Å². The number of nitrogens with two attached hydrogens (primary N) is 1. The third kappa shape index (κ3) is 2.62. The number of aromatic nitrogens is 3. The predicted molar refractivity (Wildman–Crippen MR) is 67.4 cm³/mol. The van der Waals surface area contributed by atoms with E-state index in [1.807, 2.05) is 37.0 Å².